The van der Waals surface area contributed by atoms with Crippen LogP contribution in [-0.4, -0.2) is 17.4 Å². The van der Waals surface area contributed by atoms with Gasteiger partial charge in [-0.1, -0.05) is 18.2 Å². The van der Waals surface area contributed by atoms with E-state index in [9.17, 15) is 8.42 Å². The Hall–Kier alpha value is -2.65. The first-order chi connectivity index (χ1) is 10.0. The number of rotatable bonds is 2. The van der Waals surface area contributed by atoms with Gasteiger partial charge in [-0.15, -0.1) is 0 Å². The van der Waals surface area contributed by atoms with Crippen molar-refractivity contribution in [1.29, 1.82) is 5.26 Å². The van der Waals surface area contributed by atoms with Crippen molar-refractivity contribution >= 4 is 21.1 Å². The van der Waals surface area contributed by atoms with E-state index in [1.807, 2.05) is 0 Å². The third-order valence-electron chi connectivity index (χ3n) is 3.17. The zero-order valence-corrected chi connectivity index (χ0v) is 12.0. The summed E-state index contributed by atoms with van der Waals surface area (Å²) in [5.41, 5.74) is 1.29. The van der Waals surface area contributed by atoms with Gasteiger partial charge in [0.2, 0.25) is 0 Å². The first kappa shape index (κ1) is 13.3. The number of hydrogen-bond acceptors (Lipinski definition) is 4. The number of nitrogens with zero attached hydrogens (tertiary/aromatic N) is 3. The molecule has 0 unspecified atom stereocenters. The summed E-state index contributed by atoms with van der Waals surface area (Å²) in [6, 6.07) is 13.4. The summed E-state index contributed by atoms with van der Waals surface area (Å²) in [7, 11) is -3.72. The molecule has 0 amide bonds. The lowest BCUT2D eigenvalue weighted by atomic mass is 10.2. The predicted molar refractivity (Wildman–Crippen MR) is 78.2 cm³/mol. The highest BCUT2D eigenvalue weighted by atomic mass is 32.2. The molecule has 0 atom stereocenters. The maximum Gasteiger partial charge on any atom is 0.269 e. The van der Waals surface area contributed by atoms with E-state index >= 15 is 0 Å². The lowest BCUT2D eigenvalue weighted by molar-refractivity contribution is 0.588. The van der Waals surface area contributed by atoms with Crippen LogP contribution in [0, 0.1) is 18.3 Å². The van der Waals surface area contributed by atoms with Gasteiger partial charge in [0.05, 0.1) is 16.5 Å². The van der Waals surface area contributed by atoms with Crippen LogP contribution in [0.25, 0.3) is 11.0 Å². The number of aryl methyl sites for hydroxylation is 1. The van der Waals surface area contributed by atoms with E-state index in [2.05, 4.69) is 11.1 Å². The highest BCUT2D eigenvalue weighted by Gasteiger charge is 2.20. The van der Waals surface area contributed by atoms with E-state index in [0.29, 0.717) is 16.6 Å². The van der Waals surface area contributed by atoms with Gasteiger partial charge in [-0.3, -0.25) is 0 Å². The minimum Gasteiger partial charge on any atom is -0.234 e. The molecule has 5 nitrogen and oxygen atoms in total. The van der Waals surface area contributed by atoms with E-state index in [-0.39, 0.29) is 10.5 Å². The van der Waals surface area contributed by atoms with Crippen LogP contribution in [0.3, 0.4) is 0 Å². The van der Waals surface area contributed by atoms with Crippen LogP contribution in [-0.2, 0) is 10.0 Å². The summed E-state index contributed by atoms with van der Waals surface area (Å²) < 4.78 is 26.4. The van der Waals surface area contributed by atoms with Crippen molar-refractivity contribution in [2.75, 3.05) is 0 Å². The number of benzene rings is 1. The van der Waals surface area contributed by atoms with Gasteiger partial charge in [-0.05, 0) is 31.2 Å². The molecule has 0 bridgehead atoms. The minimum atomic E-state index is -3.72. The van der Waals surface area contributed by atoms with Gasteiger partial charge in [0.25, 0.3) is 10.0 Å². The molecule has 0 saturated carbocycles. The van der Waals surface area contributed by atoms with E-state index in [4.69, 9.17) is 5.26 Å². The van der Waals surface area contributed by atoms with Gasteiger partial charge in [0.15, 0.2) is 5.65 Å². The van der Waals surface area contributed by atoms with Gasteiger partial charge >= 0.3 is 0 Å². The fraction of sp³-hybridized carbons (Fsp3) is 0.0667. The van der Waals surface area contributed by atoms with Crippen LogP contribution in [0.1, 0.15) is 11.3 Å². The topological polar surface area (TPSA) is 75.8 Å². The Kier molecular flexibility index (Phi) is 3.00. The predicted octanol–water partition coefficient (Wildman–Crippen LogP) is 2.45. The Balaban J connectivity index is 2.33. The molecule has 0 aliphatic carbocycles. The number of aromatic nitrogens is 2. The Bertz CT molecular complexity index is 967. The van der Waals surface area contributed by atoms with Crippen molar-refractivity contribution in [3.63, 3.8) is 0 Å². The summed E-state index contributed by atoms with van der Waals surface area (Å²) in [4.78, 5) is 4.45. The second-order valence-electron chi connectivity index (χ2n) is 4.59. The number of nitriles is 1. The maximum atomic E-state index is 12.7. The first-order valence-electron chi connectivity index (χ1n) is 6.23. The maximum absolute atomic E-state index is 12.7. The van der Waals surface area contributed by atoms with Gasteiger partial charge in [-0.2, -0.15) is 5.26 Å². The summed E-state index contributed by atoms with van der Waals surface area (Å²) >= 11 is 0. The van der Waals surface area contributed by atoms with Crippen molar-refractivity contribution in [1.82, 2.24) is 8.96 Å². The lowest BCUT2D eigenvalue weighted by Crippen LogP contribution is -2.12. The summed E-state index contributed by atoms with van der Waals surface area (Å²) in [5, 5.41) is 9.68. The van der Waals surface area contributed by atoms with E-state index in [0.717, 1.165) is 3.97 Å². The molecular weight excluding hydrogens is 286 g/mol. The minimum absolute atomic E-state index is 0.185. The molecule has 104 valence electrons. The van der Waals surface area contributed by atoms with E-state index in [1.54, 1.807) is 37.3 Å². The van der Waals surface area contributed by atoms with Crippen LogP contribution in [0.2, 0.25) is 0 Å². The fourth-order valence-corrected chi connectivity index (χ4v) is 3.52. The largest absolute Gasteiger partial charge is 0.269 e. The molecule has 2 aromatic heterocycles. The molecule has 0 N–H and O–H groups in total. The molecule has 3 rings (SSSR count). The van der Waals surface area contributed by atoms with Crippen LogP contribution < -0.4 is 0 Å². The van der Waals surface area contributed by atoms with Crippen molar-refractivity contribution in [2.45, 2.75) is 11.8 Å². The standard InChI is InChI=1S/C15H11N3O2S/c1-11-9-12(10-16)14-7-8-18(15(14)17-11)21(19,20)13-5-3-2-4-6-13/h2-9H,1H3. The molecule has 0 radical (unpaired) electrons. The molecule has 2 heterocycles. The van der Waals surface area contributed by atoms with Gasteiger partial charge < -0.3 is 0 Å². The Morgan fingerprint density at radius 2 is 1.90 bits per heavy atom. The number of fused-ring (bicyclic) bond motifs is 1. The second kappa shape index (κ2) is 4.72. The Morgan fingerprint density at radius 3 is 2.57 bits per heavy atom. The van der Waals surface area contributed by atoms with Gasteiger partial charge in [0, 0.05) is 17.3 Å². The molecule has 0 aliphatic rings. The van der Waals surface area contributed by atoms with Crippen molar-refractivity contribution < 1.29 is 8.42 Å². The van der Waals surface area contributed by atoms with Crippen molar-refractivity contribution in [3.8, 4) is 6.07 Å². The molecule has 3 aromatic rings. The third-order valence-corrected chi connectivity index (χ3v) is 4.85. The molecule has 0 fully saturated rings. The third kappa shape index (κ3) is 2.08. The average molecular weight is 297 g/mol. The van der Waals surface area contributed by atoms with Crippen LogP contribution in [0.5, 0.6) is 0 Å². The molecule has 0 saturated heterocycles. The quantitative estimate of drug-likeness (QED) is 0.728. The Morgan fingerprint density at radius 1 is 1.19 bits per heavy atom. The lowest BCUT2D eigenvalue weighted by Gasteiger charge is -2.07. The SMILES string of the molecule is Cc1cc(C#N)c2ccn(S(=O)(=O)c3ccccc3)c2n1. The summed E-state index contributed by atoms with van der Waals surface area (Å²) in [6.07, 6.45) is 1.43. The molecule has 0 spiro atoms. The van der Waals surface area contributed by atoms with Crippen LogP contribution in [0.15, 0.2) is 53.6 Å². The smallest absolute Gasteiger partial charge is 0.234 e. The van der Waals surface area contributed by atoms with Crippen molar-refractivity contribution in [2.24, 2.45) is 0 Å². The van der Waals surface area contributed by atoms with Crippen molar-refractivity contribution in [3.05, 3.63) is 59.9 Å². The zero-order chi connectivity index (χ0) is 15.0. The molecule has 21 heavy (non-hydrogen) atoms. The highest BCUT2D eigenvalue weighted by molar-refractivity contribution is 7.90. The molecular formula is C15H11N3O2S. The summed E-state index contributed by atoms with van der Waals surface area (Å²) in [6.45, 7) is 1.73. The monoisotopic (exact) mass is 297 g/mol. The number of hydrogen-bond donors (Lipinski definition) is 0. The van der Waals surface area contributed by atoms with E-state index < -0.39 is 10.0 Å². The summed E-state index contributed by atoms with van der Waals surface area (Å²) in [5.74, 6) is 0. The normalized spacial score (nSPS) is 11.4. The van der Waals surface area contributed by atoms with Gasteiger partial charge in [0.1, 0.15) is 0 Å². The van der Waals surface area contributed by atoms with E-state index in [1.165, 1.54) is 18.3 Å². The first-order valence-corrected chi connectivity index (χ1v) is 7.67. The highest BCUT2D eigenvalue weighted by Crippen LogP contribution is 2.23. The second-order valence-corrected chi connectivity index (χ2v) is 6.40. The zero-order valence-electron chi connectivity index (χ0n) is 11.2. The molecule has 0 aliphatic heterocycles. The van der Waals surface area contributed by atoms with Crippen LogP contribution in [0.4, 0.5) is 0 Å². The fourth-order valence-electron chi connectivity index (χ4n) is 2.20. The average Bonchev–Trinajstić information content (AvgIpc) is 2.91. The number of pyridine rings is 1. The van der Waals surface area contributed by atoms with Gasteiger partial charge in [-0.25, -0.2) is 17.4 Å². The van der Waals surface area contributed by atoms with Crippen LogP contribution >= 0.6 is 0 Å². The molecule has 1 aromatic carbocycles. The Labute approximate surface area is 122 Å². The molecule has 6 heteroatoms.